The molecular weight excluding hydrogens is 122 g/mol. The first kappa shape index (κ1) is 6.66. The quantitative estimate of drug-likeness (QED) is 0.535. The van der Waals surface area contributed by atoms with Gasteiger partial charge in [0, 0.05) is 6.04 Å². The van der Waals surface area contributed by atoms with Crippen molar-refractivity contribution in [3.8, 4) is 0 Å². The van der Waals surface area contributed by atoms with Crippen molar-refractivity contribution < 1.29 is 0 Å². The summed E-state index contributed by atoms with van der Waals surface area (Å²) in [7, 11) is 4.43. The summed E-state index contributed by atoms with van der Waals surface area (Å²) in [5, 5.41) is 0. The summed E-state index contributed by atoms with van der Waals surface area (Å²) in [5.41, 5.74) is 0. The van der Waals surface area contributed by atoms with E-state index >= 15 is 0 Å². The molecule has 0 aromatic rings. The average Bonchev–Trinajstić information content (AvgIpc) is 2.63. The van der Waals surface area contributed by atoms with Gasteiger partial charge < -0.3 is 4.90 Å². The van der Waals surface area contributed by atoms with Gasteiger partial charge in [0.2, 0.25) is 0 Å². The predicted molar refractivity (Wildman–Crippen MR) is 42.9 cm³/mol. The standard InChI is InChI=1S/C9H17N/c1-10(2)9-4-3-7-5-8(7)6-9/h7-9H,3-6H2,1-2H3/t7-,8-,9-/m1/s1. The van der Waals surface area contributed by atoms with Gasteiger partial charge in [-0.25, -0.2) is 0 Å². The Morgan fingerprint density at radius 3 is 2.40 bits per heavy atom. The van der Waals surface area contributed by atoms with E-state index in [0.29, 0.717) is 0 Å². The van der Waals surface area contributed by atoms with Gasteiger partial charge in [0.15, 0.2) is 0 Å². The molecule has 0 radical (unpaired) electrons. The van der Waals surface area contributed by atoms with Crippen molar-refractivity contribution in [2.45, 2.75) is 31.7 Å². The Balaban J connectivity index is 1.88. The minimum atomic E-state index is 0.906. The van der Waals surface area contributed by atoms with E-state index in [1.807, 2.05) is 0 Å². The molecule has 2 fully saturated rings. The first-order valence-corrected chi connectivity index (χ1v) is 4.44. The van der Waals surface area contributed by atoms with Crippen molar-refractivity contribution in [2.75, 3.05) is 14.1 Å². The number of nitrogens with zero attached hydrogens (tertiary/aromatic N) is 1. The third kappa shape index (κ3) is 1.07. The third-order valence-electron chi connectivity index (χ3n) is 3.24. The van der Waals surface area contributed by atoms with Gasteiger partial charge in [-0.3, -0.25) is 0 Å². The van der Waals surface area contributed by atoms with Crippen LogP contribution in [0, 0.1) is 11.8 Å². The molecule has 0 aromatic heterocycles. The second-order valence-electron chi connectivity index (χ2n) is 4.19. The van der Waals surface area contributed by atoms with Crippen LogP contribution in [0.3, 0.4) is 0 Å². The van der Waals surface area contributed by atoms with Crippen molar-refractivity contribution in [3.05, 3.63) is 0 Å². The first-order valence-electron chi connectivity index (χ1n) is 4.44. The van der Waals surface area contributed by atoms with Crippen LogP contribution >= 0.6 is 0 Å². The van der Waals surface area contributed by atoms with Gasteiger partial charge in [-0.05, 0) is 51.6 Å². The molecule has 0 N–H and O–H groups in total. The highest BCUT2D eigenvalue weighted by Gasteiger charge is 2.42. The molecule has 0 bridgehead atoms. The fraction of sp³-hybridized carbons (Fsp3) is 1.00. The monoisotopic (exact) mass is 139 g/mol. The summed E-state index contributed by atoms with van der Waals surface area (Å²) < 4.78 is 0. The maximum Gasteiger partial charge on any atom is 0.00920 e. The van der Waals surface area contributed by atoms with Gasteiger partial charge in [0.05, 0.1) is 0 Å². The van der Waals surface area contributed by atoms with Crippen LogP contribution in [0.4, 0.5) is 0 Å². The Hall–Kier alpha value is -0.0400. The summed E-state index contributed by atoms with van der Waals surface area (Å²) in [6.45, 7) is 0. The molecule has 0 aromatic carbocycles. The summed E-state index contributed by atoms with van der Waals surface area (Å²) in [6.07, 6.45) is 5.99. The Labute approximate surface area is 63.4 Å². The highest BCUT2D eigenvalue weighted by molar-refractivity contribution is 4.94. The van der Waals surface area contributed by atoms with E-state index in [-0.39, 0.29) is 0 Å². The predicted octanol–water partition coefficient (Wildman–Crippen LogP) is 1.74. The molecule has 0 heterocycles. The molecule has 2 aliphatic rings. The molecule has 3 atom stereocenters. The van der Waals surface area contributed by atoms with Crippen molar-refractivity contribution in [1.82, 2.24) is 4.90 Å². The fourth-order valence-electron chi connectivity index (χ4n) is 2.30. The molecule has 58 valence electrons. The molecule has 0 unspecified atom stereocenters. The van der Waals surface area contributed by atoms with E-state index in [4.69, 9.17) is 0 Å². The summed E-state index contributed by atoms with van der Waals surface area (Å²) in [6, 6.07) is 0.906. The SMILES string of the molecule is CN(C)[C@@H]1CC[C@@H]2C[C@@H]2C1. The van der Waals surface area contributed by atoms with Crippen LogP contribution in [0.25, 0.3) is 0 Å². The molecule has 2 saturated carbocycles. The zero-order valence-electron chi connectivity index (χ0n) is 7.01. The lowest BCUT2D eigenvalue weighted by atomic mass is 9.95. The number of hydrogen-bond acceptors (Lipinski definition) is 1. The lowest BCUT2D eigenvalue weighted by molar-refractivity contribution is 0.222. The molecule has 0 saturated heterocycles. The van der Waals surface area contributed by atoms with Gasteiger partial charge in [0.1, 0.15) is 0 Å². The number of fused-ring (bicyclic) bond motifs is 1. The van der Waals surface area contributed by atoms with E-state index < -0.39 is 0 Å². The van der Waals surface area contributed by atoms with E-state index in [1.54, 1.807) is 6.42 Å². The van der Waals surface area contributed by atoms with Crippen LogP contribution in [0.5, 0.6) is 0 Å². The molecular formula is C9H17N. The zero-order chi connectivity index (χ0) is 7.14. The Morgan fingerprint density at radius 2 is 1.80 bits per heavy atom. The number of hydrogen-bond donors (Lipinski definition) is 0. The molecule has 2 aliphatic carbocycles. The smallest absolute Gasteiger partial charge is 0.00920 e. The molecule has 10 heavy (non-hydrogen) atoms. The largest absolute Gasteiger partial charge is 0.306 e. The lowest BCUT2D eigenvalue weighted by Gasteiger charge is -2.27. The van der Waals surface area contributed by atoms with Crippen molar-refractivity contribution in [3.63, 3.8) is 0 Å². The highest BCUT2D eigenvalue weighted by Crippen LogP contribution is 2.50. The molecule has 1 nitrogen and oxygen atoms in total. The molecule has 0 amide bonds. The summed E-state index contributed by atoms with van der Waals surface area (Å²) in [4.78, 5) is 2.40. The zero-order valence-corrected chi connectivity index (χ0v) is 7.01. The second kappa shape index (κ2) is 2.23. The van der Waals surface area contributed by atoms with Crippen LogP contribution in [0.2, 0.25) is 0 Å². The summed E-state index contributed by atoms with van der Waals surface area (Å²) >= 11 is 0. The lowest BCUT2D eigenvalue weighted by Crippen LogP contribution is -2.30. The maximum absolute atomic E-state index is 2.40. The normalized spacial score (nSPS) is 45.3. The van der Waals surface area contributed by atoms with Crippen LogP contribution in [-0.2, 0) is 0 Å². The van der Waals surface area contributed by atoms with E-state index in [0.717, 1.165) is 17.9 Å². The number of rotatable bonds is 1. The maximum atomic E-state index is 2.40. The van der Waals surface area contributed by atoms with Crippen LogP contribution in [-0.4, -0.2) is 25.0 Å². The average molecular weight is 139 g/mol. The Kier molecular flexibility index (Phi) is 1.48. The van der Waals surface area contributed by atoms with Gasteiger partial charge >= 0.3 is 0 Å². The van der Waals surface area contributed by atoms with Crippen LogP contribution in [0.15, 0.2) is 0 Å². The van der Waals surface area contributed by atoms with E-state index in [9.17, 15) is 0 Å². The third-order valence-corrected chi connectivity index (χ3v) is 3.24. The van der Waals surface area contributed by atoms with Crippen LogP contribution in [0.1, 0.15) is 25.7 Å². The highest BCUT2D eigenvalue weighted by atomic mass is 15.1. The van der Waals surface area contributed by atoms with E-state index in [2.05, 4.69) is 19.0 Å². The molecule has 1 heteroatoms. The minimum Gasteiger partial charge on any atom is -0.306 e. The van der Waals surface area contributed by atoms with Crippen LogP contribution < -0.4 is 0 Å². The van der Waals surface area contributed by atoms with Gasteiger partial charge in [-0.1, -0.05) is 0 Å². The Bertz CT molecular complexity index is 131. The Morgan fingerprint density at radius 1 is 1.00 bits per heavy atom. The minimum absolute atomic E-state index is 0.906. The van der Waals surface area contributed by atoms with Gasteiger partial charge in [0.25, 0.3) is 0 Å². The molecule has 0 aliphatic heterocycles. The van der Waals surface area contributed by atoms with Gasteiger partial charge in [-0.2, -0.15) is 0 Å². The molecule has 0 spiro atoms. The van der Waals surface area contributed by atoms with E-state index in [1.165, 1.54) is 19.3 Å². The first-order chi connectivity index (χ1) is 4.77. The fourth-order valence-corrected chi connectivity index (χ4v) is 2.30. The topological polar surface area (TPSA) is 3.24 Å². The molecule has 2 rings (SSSR count). The van der Waals surface area contributed by atoms with Crippen molar-refractivity contribution >= 4 is 0 Å². The van der Waals surface area contributed by atoms with Gasteiger partial charge in [-0.15, -0.1) is 0 Å². The summed E-state index contributed by atoms with van der Waals surface area (Å²) in [5.74, 6) is 2.28. The van der Waals surface area contributed by atoms with Crippen molar-refractivity contribution in [1.29, 1.82) is 0 Å². The van der Waals surface area contributed by atoms with Crippen molar-refractivity contribution in [2.24, 2.45) is 11.8 Å². The second-order valence-corrected chi connectivity index (χ2v) is 4.19.